The Hall–Kier alpha value is -3.17. The highest BCUT2D eigenvalue weighted by atomic mass is 16.5. The lowest BCUT2D eigenvalue weighted by Gasteiger charge is -2.07. The summed E-state index contributed by atoms with van der Waals surface area (Å²) in [7, 11) is 0. The molecule has 0 amide bonds. The maximum atomic E-state index is 9.89. The number of benzene rings is 2. The zero-order chi connectivity index (χ0) is 15.8. The van der Waals surface area contributed by atoms with Gasteiger partial charge in [-0.05, 0) is 42.3 Å². The Labute approximate surface area is 130 Å². The molecule has 0 spiro atoms. The van der Waals surface area contributed by atoms with E-state index in [1.54, 1.807) is 12.1 Å². The average molecular weight is 289 g/mol. The lowest BCUT2D eigenvalue weighted by Crippen LogP contribution is -1.87. The standard InChI is InChI=1S/C19H15NO2/c1-2-3-6-16-9-12-18(14-19(16)21)22-17-10-7-15(8-11-17)5-4-13-20/h2,7-12,14,21H,1,4-5H2. The van der Waals surface area contributed by atoms with Gasteiger partial charge in [0.15, 0.2) is 0 Å². The van der Waals surface area contributed by atoms with E-state index in [0.29, 0.717) is 23.5 Å². The van der Waals surface area contributed by atoms with Gasteiger partial charge in [0.25, 0.3) is 0 Å². The molecule has 3 heteroatoms. The third-order valence-electron chi connectivity index (χ3n) is 2.96. The van der Waals surface area contributed by atoms with Crippen LogP contribution < -0.4 is 4.74 Å². The largest absolute Gasteiger partial charge is 0.507 e. The number of phenols is 1. The Morgan fingerprint density at radius 2 is 1.86 bits per heavy atom. The average Bonchev–Trinajstić information content (AvgIpc) is 2.53. The van der Waals surface area contributed by atoms with Crippen LogP contribution in [0.1, 0.15) is 17.5 Å². The van der Waals surface area contributed by atoms with E-state index in [9.17, 15) is 5.11 Å². The second kappa shape index (κ2) is 7.57. The monoisotopic (exact) mass is 289 g/mol. The van der Waals surface area contributed by atoms with Crippen molar-refractivity contribution >= 4 is 0 Å². The van der Waals surface area contributed by atoms with Crippen LogP contribution >= 0.6 is 0 Å². The van der Waals surface area contributed by atoms with Crippen LogP contribution in [-0.2, 0) is 6.42 Å². The number of rotatable bonds is 4. The Kier molecular flexibility index (Phi) is 5.24. The number of ether oxygens (including phenoxy) is 1. The highest BCUT2D eigenvalue weighted by molar-refractivity contribution is 5.50. The molecule has 22 heavy (non-hydrogen) atoms. The molecule has 0 heterocycles. The van der Waals surface area contributed by atoms with Crippen LogP contribution in [0.25, 0.3) is 0 Å². The molecule has 0 aliphatic rings. The van der Waals surface area contributed by atoms with Gasteiger partial charge in [0.1, 0.15) is 17.2 Å². The number of allylic oxidation sites excluding steroid dienone is 1. The third-order valence-corrected chi connectivity index (χ3v) is 2.96. The van der Waals surface area contributed by atoms with E-state index in [2.05, 4.69) is 24.5 Å². The first kappa shape index (κ1) is 15.2. The number of nitrogens with zero attached hydrogens (tertiary/aromatic N) is 1. The van der Waals surface area contributed by atoms with Gasteiger partial charge in [0, 0.05) is 12.5 Å². The molecule has 0 atom stereocenters. The topological polar surface area (TPSA) is 53.2 Å². The molecule has 0 saturated heterocycles. The summed E-state index contributed by atoms with van der Waals surface area (Å²) in [6.45, 7) is 3.51. The molecule has 0 fully saturated rings. The van der Waals surface area contributed by atoms with Crippen molar-refractivity contribution in [2.45, 2.75) is 12.8 Å². The van der Waals surface area contributed by atoms with Crippen LogP contribution in [0.3, 0.4) is 0 Å². The van der Waals surface area contributed by atoms with Crippen LogP contribution in [-0.4, -0.2) is 5.11 Å². The molecule has 0 unspecified atom stereocenters. The van der Waals surface area contributed by atoms with E-state index in [4.69, 9.17) is 10.00 Å². The fraction of sp³-hybridized carbons (Fsp3) is 0.105. The van der Waals surface area contributed by atoms with Crippen LogP contribution in [0, 0.1) is 23.2 Å². The maximum absolute atomic E-state index is 9.89. The number of nitriles is 1. The second-order valence-electron chi connectivity index (χ2n) is 4.56. The van der Waals surface area contributed by atoms with E-state index in [-0.39, 0.29) is 5.75 Å². The van der Waals surface area contributed by atoms with E-state index in [0.717, 1.165) is 12.0 Å². The number of phenolic OH excluding ortho intramolecular Hbond substituents is 1. The van der Waals surface area contributed by atoms with Crippen molar-refractivity contribution in [2.75, 3.05) is 0 Å². The summed E-state index contributed by atoms with van der Waals surface area (Å²) < 4.78 is 5.68. The molecule has 0 radical (unpaired) electrons. The summed E-state index contributed by atoms with van der Waals surface area (Å²) in [5.74, 6) is 6.74. The molecule has 2 aromatic rings. The summed E-state index contributed by atoms with van der Waals surface area (Å²) >= 11 is 0. The lowest BCUT2D eigenvalue weighted by atomic mass is 10.1. The van der Waals surface area contributed by atoms with Gasteiger partial charge in [0.2, 0.25) is 0 Å². The molecule has 108 valence electrons. The molecule has 2 rings (SSSR count). The Morgan fingerprint density at radius 3 is 2.50 bits per heavy atom. The lowest BCUT2D eigenvalue weighted by molar-refractivity contribution is 0.454. The second-order valence-corrected chi connectivity index (χ2v) is 4.56. The molecule has 0 aliphatic heterocycles. The van der Waals surface area contributed by atoms with E-state index in [1.165, 1.54) is 12.1 Å². The first-order chi connectivity index (χ1) is 10.7. The highest BCUT2D eigenvalue weighted by Gasteiger charge is 2.03. The molecule has 1 N–H and O–H groups in total. The van der Waals surface area contributed by atoms with Crippen molar-refractivity contribution < 1.29 is 9.84 Å². The SMILES string of the molecule is C=CC#Cc1ccc(Oc2ccc(CCC#N)cc2)cc1O. The minimum Gasteiger partial charge on any atom is -0.507 e. The van der Waals surface area contributed by atoms with Crippen LogP contribution in [0.15, 0.2) is 55.1 Å². The van der Waals surface area contributed by atoms with Crippen LogP contribution in [0.2, 0.25) is 0 Å². The number of aromatic hydroxyl groups is 1. The van der Waals surface area contributed by atoms with Crippen molar-refractivity contribution in [1.29, 1.82) is 5.26 Å². The predicted molar refractivity (Wildman–Crippen MR) is 85.6 cm³/mol. The van der Waals surface area contributed by atoms with Crippen molar-refractivity contribution in [3.63, 3.8) is 0 Å². The predicted octanol–water partition coefficient (Wildman–Crippen LogP) is 4.18. The van der Waals surface area contributed by atoms with Gasteiger partial charge < -0.3 is 9.84 Å². The van der Waals surface area contributed by atoms with E-state index in [1.807, 2.05) is 24.3 Å². The molecule has 0 saturated carbocycles. The molecular weight excluding hydrogens is 274 g/mol. The van der Waals surface area contributed by atoms with Crippen molar-refractivity contribution in [3.05, 3.63) is 66.2 Å². The maximum Gasteiger partial charge on any atom is 0.134 e. The third kappa shape index (κ3) is 4.16. The van der Waals surface area contributed by atoms with Crippen molar-refractivity contribution in [1.82, 2.24) is 0 Å². The van der Waals surface area contributed by atoms with Gasteiger partial charge in [-0.25, -0.2) is 0 Å². The number of hydrogen-bond donors (Lipinski definition) is 1. The first-order valence-electron chi connectivity index (χ1n) is 6.82. The minimum atomic E-state index is 0.0671. The zero-order valence-electron chi connectivity index (χ0n) is 12.0. The summed E-state index contributed by atoms with van der Waals surface area (Å²) in [5.41, 5.74) is 1.62. The smallest absolute Gasteiger partial charge is 0.134 e. The normalized spacial score (nSPS) is 9.23. The molecular formula is C19H15NO2. The number of aryl methyl sites for hydroxylation is 1. The van der Waals surface area contributed by atoms with Gasteiger partial charge in [-0.1, -0.05) is 30.6 Å². The summed E-state index contributed by atoms with van der Waals surface area (Å²) in [4.78, 5) is 0. The van der Waals surface area contributed by atoms with Crippen molar-refractivity contribution in [3.8, 4) is 35.2 Å². The molecule has 2 aromatic carbocycles. The van der Waals surface area contributed by atoms with Gasteiger partial charge in [-0.15, -0.1) is 0 Å². The minimum absolute atomic E-state index is 0.0671. The first-order valence-corrected chi connectivity index (χ1v) is 6.82. The van der Waals surface area contributed by atoms with Gasteiger partial charge in [-0.2, -0.15) is 5.26 Å². The quantitative estimate of drug-likeness (QED) is 0.859. The summed E-state index contributed by atoms with van der Waals surface area (Å²) in [5, 5.41) is 18.5. The summed E-state index contributed by atoms with van der Waals surface area (Å²) in [6, 6.07) is 14.6. The van der Waals surface area contributed by atoms with Gasteiger partial charge in [-0.3, -0.25) is 0 Å². The van der Waals surface area contributed by atoms with Gasteiger partial charge in [0.05, 0.1) is 11.6 Å². The number of hydrogen-bond acceptors (Lipinski definition) is 3. The van der Waals surface area contributed by atoms with Crippen LogP contribution in [0.4, 0.5) is 0 Å². The highest BCUT2D eigenvalue weighted by Crippen LogP contribution is 2.27. The Bertz CT molecular complexity index is 759. The molecule has 0 aliphatic carbocycles. The van der Waals surface area contributed by atoms with E-state index < -0.39 is 0 Å². The fourth-order valence-electron chi connectivity index (χ4n) is 1.87. The van der Waals surface area contributed by atoms with Gasteiger partial charge >= 0.3 is 0 Å². The summed E-state index contributed by atoms with van der Waals surface area (Å²) in [6.07, 6.45) is 2.70. The van der Waals surface area contributed by atoms with E-state index >= 15 is 0 Å². The Morgan fingerprint density at radius 1 is 1.14 bits per heavy atom. The van der Waals surface area contributed by atoms with Crippen molar-refractivity contribution in [2.24, 2.45) is 0 Å². The zero-order valence-corrected chi connectivity index (χ0v) is 12.0. The molecule has 0 bridgehead atoms. The van der Waals surface area contributed by atoms with Crippen LogP contribution in [0.5, 0.6) is 17.2 Å². The molecule has 3 nitrogen and oxygen atoms in total. The Balaban J connectivity index is 2.09. The molecule has 0 aromatic heterocycles. The fourth-order valence-corrected chi connectivity index (χ4v) is 1.87.